The molecule has 5 rings (SSSR count). The van der Waals surface area contributed by atoms with E-state index in [1.54, 1.807) is 18.7 Å². The van der Waals surface area contributed by atoms with Gasteiger partial charge in [0.25, 0.3) is 0 Å². The number of nitrogens with two attached hydrogens (primary N) is 1. The van der Waals surface area contributed by atoms with Crippen molar-refractivity contribution in [2.75, 3.05) is 5.73 Å². The summed E-state index contributed by atoms with van der Waals surface area (Å²) in [5, 5.41) is 6.51. The summed E-state index contributed by atoms with van der Waals surface area (Å²) in [5.74, 6) is 0.355. The molecule has 0 saturated carbocycles. The molecule has 1 atom stereocenters. The van der Waals surface area contributed by atoms with Gasteiger partial charge >= 0.3 is 0 Å². The molecular weight excluding hydrogens is 376 g/mol. The van der Waals surface area contributed by atoms with Crippen molar-refractivity contribution in [1.29, 1.82) is 0 Å². The van der Waals surface area contributed by atoms with E-state index in [1.165, 1.54) is 6.33 Å². The Kier molecular flexibility index (Phi) is 3.73. The van der Waals surface area contributed by atoms with Crippen molar-refractivity contribution >= 4 is 39.5 Å². The molecule has 2 N–H and O–H groups in total. The van der Waals surface area contributed by atoms with Gasteiger partial charge in [-0.1, -0.05) is 11.6 Å². The molecule has 8 nitrogen and oxygen atoms in total. The number of aromatic nitrogens is 7. The van der Waals surface area contributed by atoms with Crippen molar-refractivity contribution in [3.8, 4) is 5.69 Å². The van der Waals surface area contributed by atoms with Gasteiger partial charge in [-0.05, 0) is 37.3 Å². The predicted octanol–water partition coefficient (Wildman–Crippen LogP) is 3.41. The molecule has 0 spiro atoms. The molecule has 0 aliphatic heterocycles. The third-order valence-corrected chi connectivity index (χ3v) is 5.00. The maximum absolute atomic E-state index is 6.26. The number of hydrogen-bond acceptors (Lipinski definition) is 6. The fourth-order valence-electron chi connectivity index (χ4n) is 3.38. The normalized spacial score (nSPS) is 12.6. The molecule has 0 radical (unpaired) electrons. The van der Waals surface area contributed by atoms with Gasteiger partial charge in [0, 0.05) is 16.6 Å². The van der Waals surface area contributed by atoms with Gasteiger partial charge in [0.2, 0.25) is 0 Å². The van der Waals surface area contributed by atoms with Crippen LogP contribution in [0.3, 0.4) is 0 Å². The van der Waals surface area contributed by atoms with E-state index in [1.807, 2.05) is 46.5 Å². The van der Waals surface area contributed by atoms with Crippen LogP contribution < -0.4 is 5.73 Å². The first-order valence-corrected chi connectivity index (χ1v) is 9.03. The van der Waals surface area contributed by atoms with Gasteiger partial charge in [-0.25, -0.2) is 19.6 Å². The SMILES string of the molecule is CC(c1nn(-c2cccnc2)c2cc(Cl)ccc12)n1cnc2c(N)ncnc21. The van der Waals surface area contributed by atoms with Crippen LogP contribution in [0.1, 0.15) is 18.7 Å². The summed E-state index contributed by atoms with van der Waals surface area (Å²) in [7, 11) is 0. The number of fused-ring (bicyclic) bond motifs is 2. The minimum atomic E-state index is -0.138. The molecule has 9 heteroatoms. The van der Waals surface area contributed by atoms with Crippen molar-refractivity contribution in [2.24, 2.45) is 0 Å². The van der Waals surface area contributed by atoms with Crippen molar-refractivity contribution in [3.05, 3.63) is 66.1 Å². The predicted molar refractivity (Wildman–Crippen MR) is 107 cm³/mol. The average Bonchev–Trinajstić information content (AvgIpc) is 3.31. The first kappa shape index (κ1) is 16.6. The molecule has 1 aromatic carbocycles. The molecular formula is C19H15ClN8. The van der Waals surface area contributed by atoms with E-state index in [9.17, 15) is 0 Å². The highest BCUT2D eigenvalue weighted by Crippen LogP contribution is 2.31. The number of anilines is 1. The van der Waals surface area contributed by atoms with Gasteiger partial charge in [0.05, 0.1) is 35.5 Å². The molecule has 138 valence electrons. The Morgan fingerprint density at radius 2 is 2.04 bits per heavy atom. The van der Waals surface area contributed by atoms with Gasteiger partial charge in [0.1, 0.15) is 11.8 Å². The van der Waals surface area contributed by atoms with Gasteiger partial charge in [-0.3, -0.25) is 4.98 Å². The zero-order valence-corrected chi connectivity index (χ0v) is 15.6. The Morgan fingerprint density at radius 3 is 2.86 bits per heavy atom. The molecule has 28 heavy (non-hydrogen) atoms. The van der Waals surface area contributed by atoms with Gasteiger partial charge in [-0.2, -0.15) is 5.10 Å². The standard InChI is InChI=1S/C19H15ClN8/c1-11(27-10-25-17-18(21)23-9-24-19(17)27)16-14-5-4-12(20)7-15(14)28(26-16)13-3-2-6-22-8-13/h2-11H,1H3,(H2,21,23,24). The molecule has 0 fully saturated rings. The largest absolute Gasteiger partial charge is 0.382 e. The van der Waals surface area contributed by atoms with Gasteiger partial charge < -0.3 is 10.3 Å². The number of pyridine rings is 1. The topological polar surface area (TPSA) is 100 Å². The second-order valence-corrected chi connectivity index (χ2v) is 6.87. The minimum Gasteiger partial charge on any atom is -0.382 e. The lowest BCUT2D eigenvalue weighted by atomic mass is 10.1. The monoisotopic (exact) mass is 390 g/mol. The van der Waals surface area contributed by atoms with Crippen molar-refractivity contribution in [3.63, 3.8) is 0 Å². The molecule has 0 bridgehead atoms. The highest BCUT2D eigenvalue weighted by Gasteiger charge is 2.21. The first-order chi connectivity index (χ1) is 13.6. The maximum Gasteiger partial charge on any atom is 0.166 e. The van der Waals surface area contributed by atoms with Gasteiger partial charge in [-0.15, -0.1) is 0 Å². The molecule has 0 amide bonds. The fraction of sp³-hybridized carbons (Fsp3) is 0.105. The van der Waals surface area contributed by atoms with Crippen molar-refractivity contribution in [2.45, 2.75) is 13.0 Å². The maximum atomic E-state index is 6.26. The number of halogens is 1. The second-order valence-electron chi connectivity index (χ2n) is 6.43. The third kappa shape index (κ3) is 2.49. The van der Waals surface area contributed by atoms with Crippen LogP contribution in [0.2, 0.25) is 5.02 Å². The number of imidazole rings is 1. The quantitative estimate of drug-likeness (QED) is 0.506. The molecule has 0 aliphatic carbocycles. The molecule has 4 heterocycles. The summed E-state index contributed by atoms with van der Waals surface area (Å²) in [6.07, 6.45) is 6.65. The Balaban J connectivity index is 1.73. The van der Waals surface area contributed by atoms with Crippen molar-refractivity contribution in [1.82, 2.24) is 34.3 Å². The molecule has 0 aliphatic rings. The van der Waals surface area contributed by atoms with E-state index < -0.39 is 0 Å². The molecule has 1 unspecified atom stereocenters. The number of rotatable bonds is 3. The Morgan fingerprint density at radius 1 is 1.14 bits per heavy atom. The zero-order chi connectivity index (χ0) is 19.3. The lowest BCUT2D eigenvalue weighted by Gasteiger charge is -2.12. The second kappa shape index (κ2) is 6.28. The Labute approximate surface area is 164 Å². The smallest absolute Gasteiger partial charge is 0.166 e. The fourth-order valence-corrected chi connectivity index (χ4v) is 3.55. The number of benzene rings is 1. The molecule has 5 aromatic rings. The lowest BCUT2D eigenvalue weighted by molar-refractivity contribution is 0.626. The van der Waals surface area contributed by atoms with Crippen LogP contribution in [-0.2, 0) is 0 Å². The van der Waals surface area contributed by atoms with Crippen LogP contribution in [0.25, 0.3) is 27.8 Å². The first-order valence-electron chi connectivity index (χ1n) is 8.65. The van der Waals surface area contributed by atoms with Gasteiger partial charge in [0.15, 0.2) is 11.5 Å². The van der Waals surface area contributed by atoms with Crippen LogP contribution in [0.4, 0.5) is 5.82 Å². The van der Waals surface area contributed by atoms with Crippen LogP contribution in [-0.4, -0.2) is 34.3 Å². The highest BCUT2D eigenvalue weighted by atomic mass is 35.5. The van der Waals surface area contributed by atoms with E-state index >= 15 is 0 Å². The third-order valence-electron chi connectivity index (χ3n) is 4.76. The van der Waals surface area contributed by atoms with E-state index in [2.05, 4.69) is 19.9 Å². The Bertz CT molecular complexity index is 1310. The van der Waals surface area contributed by atoms with Crippen LogP contribution >= 0.6 is 11.6 Å². The van der Waals surface area contributed by atoms with E-state index in [0.29, 0.717) is 22.0 Å². The summed E-state index contributed by atoms with van der Waals surface area (Å²) in [6.45, 7) is 2.05. The average molecular weight is 391 g/mol. The van der Waals surface area contributed by atoms with E-state index in [4.69, 9.17) is 22.4 Å². The number of hydrogen-bond donors (Lipinski definition) is 1. The van der Waals surface area contributed by atoms with Crippen molar-refractivity contribution < 1.29 is 0 Å². The number of nitrogen functional groups attached to an aromatic ring is 1. The summed E-state index contributed by atoms with van der Waals surface area (Å²) in [4.78, 5) is 16.9. The summed E-state index contributed by atoms with van der Waals surface area (Å²) in [6, 6.07) is 9.43. The summed E-state index contributed by atoms with van der Waals surface area (Å²) < 4.78 is 3.79. The zero-order valence-electron chi connectivity index (χ0n) is 14.9. The summed E-state index contributed by atoms with van der Waals surface area (Å²) in [5.41, 5.74) is 9.80. The number of nitrogens with zero attached hydrogens (tertiary/aromatic N) is 7. The summed E-state index contributed by atoms with van der Waals surface area (Å²) >= 11 is 6.26. The van der Waals surface area contributed by atoms with E-state index in [-0.39, 0.29) is 6.04 Å². The van der Waals surface area contributed by atoms with Crippen LogP contribution in [0.15, 0.2) is 55.4 Å². The molecule has 4 aromatic heterocycles. The molecule has 0 saturated heterocycles. The minimum absolute atomic E-state index is 0.138. The highest BCUT2D eigenvalue weighted by molar-refractivity contribution is 6.31. The van der Waals surface area contributed by atoms with E-state index in [0.717, 1.165) is 22.3 Å². The lowest BCUT2D eigenvalue weighted by Crippen LogP contribution is -2.08. The Hall–Kier alpha value is -3.52. The van der Waals surface area contributed by atoms with Crippen LogP contribution in [0, 0.1) is 0 Å². The van der Waals surface area contributed by atoms with Crippen LogP contribution in [0.5, 0.6) is 0 Å².